The molecular weight excluding hydrogens is 382 g/mol. The molecule has 7 heteroatoms. The summed E-state index contributed by atoms with van der Waals surface area (Å²) in [6.45, 7) is 0.304. The minimum atomic E-state index is -0.280. The lowest BCUT2D eigenvalue weighted by atomic mass is 9.87. The summed E-state index contributed by atoms with van der Waals surface area (Å²) in [7, 11) is 1.56. The normalized spacial score (nSPS) is 14.0. The molecule has 160 valence electrons. The summed E-state index contributed by atoms with van der Waals surface area (Å²) >= 11 is 0. The van der Waals surface area contributed by atoms with Crippen LogP contribution in [0.1, 0.15) is 44.1 Å². The molecule has 0 saturated heterocycles. The number of nitrogens with one attached hydrogen (secondary N) is 2. The number of carbonyl (C=O) groups excluding carboxylic acids is 2. The molecule has 1 aromatic carbocycles. The summed E-state index contributed by atoms with van der Waals surface area (Å²) in [5, 5.41) is 5.51. The lowest BCUT2D eigenvalue weighted by Crippen LogP contribution is -2.34. The molecule has 1 saturated carbocycles. The van der Waals surface area contributed by atoms with Gasteiger partial charge >= 0.3 is 0 Å². The summed E-state index contributed by atoms with van der Waals surface area (Å²) < 4.78 is 11.2. The van der Waals surface area contributed by atoms with E-state index < -0.39 is 0 Å². The number of amides is 2. The molecule has 0 unspecified atom stereocenters. The average Bonchev–Trinajstić information content (AvgIpc) is 2.78. The predicted octanol–water partition coefficient (Wildman–Crippen LogP) is 3.69. The van der Waals surface area contributed by atoms with Crippen molar-refractivity contribution >= 4 is 17.5 Å². The molecule has 0 bridgehead atoms. The van der Waals surface area contributed by atoms with Crippen molar-refractivity contribution in [1.82, 2.24) is 10.3 Å². The molecule has 2 amide bonds. The maximum absolute atomic E-state index is 12.2. The zero-order valence-corrected chi connectivity index (χ0v) is 17.4. The standard InChI is InChI=1S/C23H29N3O4/c1-29-20-8-7-19(14-21(20)30-16-18-9-11-24-12-10-18)26-23(28)15-25-22(27)13-17-5-3-2-4-6-17/h7-12,14,17H,2-6,13,15-16H2,1H3,(H,25,27)(H,26,28). The number of methoxy groups -OCH3 is 1. The summed E-state index contributed by atoms with van der Waals surface area (Å²) in [5.74, 6) is 1.20. The van der Waals surface area contributed by atoms with Gasteiger partial charge in [-0.25, -0.2) is 0 Å². The van der Waals surface area contributed by atoms with Gasteiger partial charge in [0.05, 0.1) is 13.7 Å². The fourth-order valence-electron chi connectivity index (χ4n) is 3.62. The Morgan fingerprint density at radius 1 is 1.03 bits per heavy atom. The Bertz CT molecular complexity index is 836. The molecule has 1 aliphatic carbocycles. The van der Waals surface area contributed by atoms with Gasteiger partial charge in [-0.2, -0.15) is 0 Å². The molecule has 3 rings (SSSR count). The van der Waals surface area contributed by atoms with Crippen molar-refractivity contribution in [2.75, 3.05) is 19.0 Å². The van der Waals surface area contributed by atoms with E-state index in [9.17, 15) is 9.59 Å². The topological polar surface area (TPSA) is 89.6 Å². The van der Waals surface area contributed by atoms with E-state index in [0.717, 1.165) is 18.4 Å². The predicted molar refractivity (Wildman–Crippen MR) is 114 cm³/mol. The minimum Gasteiger partial charge on any atom is -0.493 e. The maximum Gasteiger partial charge on any atom is 0.243 e. The highest BCUT2D eigenvalue weighted by Crippen LogP contribution is 2.31. The van der Waals surface area contributed by atoms with Crippen LogP contribution < -0.4 is 20.1 Å². The first kappa shape index (κ1) is 21.6. The van der Waals surface area contributed by atoms with Crippen LogP contribution in [0.15, 0.2) is 42.7 Å². The highest BCUT2D eigenvalue weighted by atomic mass is 16.5. The Balaban J connectivity index is 1.49. The highest BCUT2D eigenvalue weighted by molar-refractivity contribution is 5.94. The van der Waals surface area contributed by atoms with Crippen molar-refractivity contribution in [1.29, 1.82) is 0 Å². The Morgan fingerprint density at radius 3 is 2.53 bits per heavy atom. The second-order valence-electron chi connectivity index (χ2n) is 7.54. The van der Waals surface area contributed by atoms with Crippen molar-refractivity contribution < 1.29 is 19.1 Å². The number of anilines is 1. The van der Waals surface area contributed by atoms with Gasteiger partial charge in [0.1, 0.15) is 6.61 Å². The fourth-order valence-corrected chi connectivity index (χ4v) is 3.62. The van der Waals surface area contributed by atoms with Crippen LogP contribution in [0.4, 0.5) is 5.69 Å². The molecule has 0 atom stereocenters. The molecule has 0 aliphatic heterocycles. The summed E-state index contributed by atoms with van der Waals surface area (Å²) in [6, 6.07) is 8.92. The van der Waals surface area contributed by atoms with E-state index in [4.69, 9.17) is 9.47 Å². The molecular formula is C23H29N3O4. The monoisotopic (exact) mass is 411 g/mol. The Morgan fingerprint density at radius 2 is 1.80 bits per heavy atom. The van der Waals surface area contributed by atoms with Crippen molar-refractivity contribution in [2.24, 2.45) is 5.92 Å². The summed E-state index contributed by atoms with van der Waals surface area (Å²) in [5.41, 5.74) is 1.55. The number of rotatable bonds is 9. The van der Waals surface area contributed by atoms with Crippen LogP contribution in [0.25, 0.3) is 0 Å². The Kier molecular flexibility index (Phi) is 8.06. The number of benzene rings is 1. The largest absolute Gasteiger partial charge is 0.493 e. The molecule has 7 nitrogen and oxygen atoms in total. The van der Waals surface area contributed by atoms with Gasteiger partial charge in [0.15, 0.2) is 11.5 Å². The van der Waals surface area contributed by atoms with Gasteiger partial charge in [0.25, 0.3) is 0 Å². The second-order valence-corrected chi connectivity index (χ2v) is 7.54. The van der Waals surface area contributed by atoms with Gasteiger partial charge in [0.2, 0.25) is 11.8 Å². The molecule has 2 aromatic rings. The van der Waals surface area contributed by atoms with E-state index in [2.05, 4.69) is 15.6 Å². The maximum atomic E-state index is 12.2. The van der Waals surface area contributed by atoms with Crippen molar-refractivity contribution in [3.63, 3.8) is 0 Å². The molecule has 1 aliphatic rings. The Hall–Kier alpha value is -3.09. The van der Waals surface area contributed by atoms with Crippen molar-refractivity contribution in [3.8, 4) is 11.5 Å². The van der Waals surface area contributed by atoms with Crippen LogP contribution in [-0.2, 0) is 16.2 Å². The van der Waals surface area contributed by atoms with Crippen LogP contribution in [0.2, 0.25) is 0 Å². The molecule has 0 spiro atoms. The van der Waals surface area contributed by atoms with Gasteiger partial charge in [-0.3, -0.25) is 14.6 Å². The molecule has 1 fully saturated rings. The number of nitrogens with zero attached hydrogens (tertiary/aromatic N) is 1. The van der Waals surface area contributed by atoms with E-state index in [0.29, 0.717) is 36.1 Å². The first-order valence-corrected chi connectivity index (χ1v) is 10.4. The highest BCUT2D eigenvalue weighted by Gasteiger charge is 2.17. The van der Waals surface area contributed by atoms with E-state index in [1.807, 2.05) is 12.1 Å². The molecule has 30 heavy (non-hydrogen) atoms. The Labute approximate surface area is 177 Å². The van der Waals surface area contributed by atoms with Gasteiger partial charge < -0.3 is 20.1 Å². The number of carbonyl (C=O) groups is 2. The first-order valence-electron chi connectivity index (χ1n) is 10.4. The minimum absolute atomic E-state index is 0.0508. The number of pyridine rings is 1. The number of aromatic nitrogens is 1. The molecule has 1 heterocycles. The van der Waals surface area contributed by atoms with Crippen LogP contribution in [0.3, 0.4) is 0 Å². The van der Waals surface area contributed by atoms with Gasteiger partial charge in [-0.15, -0.1) is 0 Å². The zero-order chi connectivity index (χ0) is 21.2. The van der Waals surface area contributed by atoms with Crippen LogP contribution in [0, 0.1) is 5.92 Å². The SMILES string of the molecule is COc1ccc(NC(=O)CNC(=O)CC2CCCCC2)cc1OCc1ccncc1. The first-order chi connectivity index (χ1) is 14.6. The van der Waals surface area contributed by atoms with E-state index >= 15 is 0 Å². The molecule has 2 N–H and O–H groups in total. The van der Waals surface area contributed by atoms with Crippen LogP contribution in [-0.4, -0.2) is 30.5 Å². The van der Waals surface area contributed by atoms with E-state index in [1.54, 1.807) is 37.7 Å². The smallest absolute Gasteiger partial charge is 0.243 e. The van der Waals surface area contributed by atoms with Crippen molar-refractivity contribution in [2.45, 2.75) is 45.1 Å². The summed E-state index contributed by atoms with van der Waals surface area (Å²) in [6.07, 6.45) is 9.77. The summed E-state index contributed by atoms with van der Waals surface area (Å²) in [4.78, 5) is 28.3. The zero-order valence-electron chi connectivity index (χ0n) is 17.4. The average molecular weight is 412 g/mol. The van der Waals surface area contributed by atoms with Crippen LogP contribution >= 0.6 is 0 Å². The van der Waals surface area contributed by atoms with E-state index in [1.165, 1.54) is 19.3 Å². The quantitative estimate of drug-likeness (QED) is 0.657. The number of hydrogen-bond donors (Lipinski definition) is 2. The van der Waals surface area contributed by atoms with Gasteiger partial charge in [-0.1, -0.05) is 19.3 Å². The van der Waals surface area contributed by atoms with Gasteiger partial charge in [0, 0.05) is 30.6 Å². The third-order valence-corrected chi connectivity index (χ3v) is 5.24. The van der Waals surface area contributed by atoms with E-state index in [-0.39, 0.29) is 18.4 Å². The molecule has 0 radical (unpaired) electrons. The number of ether oxygens (including phenoxy) is 2. The lowest BCUT2D eigenvalue weighted by molar-refractivity contribution is -0.125. The third kappa shape index (κ3) is 6.76. The van der Waals surface area contributed by atoms with Crippen LogP contribution in [0.5, 0.6) is 11.5 Å². The van der Waals surface area contributed by atoms with Gasteiger partial charge in [-0.05, 0) is 48.6 Å². The second kappa shape index (κ2) is 11.2. The fraction of sp³-hybridized carbons (Fsp3) is 0.435. The lowest BCUT2D eigenvalue weighted by Gasteiger charge is -2.20. The molecule has 1 aromatic heterocycles. The third-order valence-electron chi connectivity index (χ3n) is 5.24. The number of hydrogen-bond acceptors (Lipinski definition) is 5. The van der Waals surface area contributed by atoms with Crippen molar-refractivity contribution in [3.05, 3.63) is 48.3 Å².